The zero-order valence-corrected chi connectivity index (χ0v) is 22.0. The Bertz CT molecular complexity index is 1170. The molecule has 4 aliphatic rings. The van der Waals surface area contributed by atoms with E-state index in [2.05, 4.69) is 0 Å². The van der Waals surface area contributed by atoms with Crippen LogP contribution in [0.1, 0.15) is 66.2 Å². The van der Waals surface area contributed by atoms with Crippen molar-refractivity contribution in [3.05, 3.63) is 0 Å². The normalized spacial score (nSPS) is 37.0. The van der Waals surface area contributed by atoms with Gasteiger partial charge < -0.3 is 0 Å². The number of rotatable bonds is 7. The second kappa shape index (κ2) is 8.29. The van der Waals surface area contributed by atoms with Crippen molar-refractivity contribution in [1.29, 1.82) is 0 Å². The first kappa shape index (κ1) is 30.9. The van der Waals surface area contributed by atoms with E-state index in [4.69, 9.17) is 0 Å². The van der Waals surface area contributed by atoms with E-state index in [1.165, 1.54) is 27.7 Å². The molecule has 0 aromatic carbocycles. The summed E-state index contributed by atoms with van der Waals surface area (Å²) in [5.41, 5.74) is -5.61. The number of ketones is 4. The Hall–Kier alpha value is -2.02. The molecule has 0 heterocycles. The van der Waals surface area contributed by atoms with Gasteiger partial charge in [0.15, 0.2) is 11.6 Å². The lowest BCUT2D eigenvalue weighted by Gasteiger charge is -2.42. The summed E-state index contributed by atoms with van der Waals surface area (Å²) in [4.78, 5) is 51.7. The average molecular weight is 594 g/mol. The molecule has 0 aromatic rings. The minimum atomic E-state index is -6.77. The van der Waals surface area contributed by atoms with Gasteiger partial charge >= 0.3 is 24.2 Å². The van der Waals surface area contributed by atoms with Gasteiger partial charge in [-0.15, -0.1) is 0 Å². The molecule has 4 saturated carbocycles. The highest BCUT2D eigenvalue weighted by Gasteiger charge is 2.80. The smallest absolute Gasteiger partial charge is 0.298 e. The predicted octanol–water partition coefficient (Wildman–Crippen LogP) is 6.54. The van der Waals surface area contributed by atoms with Crippen molar-refractivity contribution in [3.63, 3.8) is 0 Å². The first-order valence-corrected chi connectivity index (χ1v) is 12.8. The Labute approximate surface area is 222 Å². The summed E-state index contributed by atoms with van der Waals surface area (Å²) in [6, 6.07) is 0. The van der Waals surface area contributed by atoms with Crippen LogP contribution in [0, 0.1) is 45.3 Å². The number of hydrogen-bond donors (Lipinski definition) is 0. The van der Waals surface area contributed by atoms with E-state index in [1.807, 2.05) is 0 Å². The topological polar surface area (TPSA) is 68.3 Å². The van der Waals surface area contributed by atoms with Crippen LogP contribution in [0.5, 0.6) is 0 Å². The minimum Gasteiger partial charge on any atom is -0.298 e. The maximum Gasteiger partial charge on any atom is 0.460 e. The van der Waals surface area contributed by atoms with Crippen LogP contribution in [0.4, 0.5) is 43.9 Å². The van der Waals surface area contributed by atoms with Crippen LogP contribution < -0.4 is 0 Å². The minimum absolute atomic E-state index is 0.0342. The summed E-state index contributed by atoms with van der Waals surface area (Å²) in [5.74, 6) is -26.7. The predicted molar refractivity (Wildman–Crippen MR) is 116 cm³/mol. The van der Waals surface area contributed by atoms with Crippen LogP contribution in [-0.2, 0) is 19.2 Å². The van der Waals surface area contributed by atoms with Gasteiger partial charge in [0.05, 0.1) is 11.8 Å². The van der Waals surface area contributed by atoms with Crippen LogP contribution in [0.25, 0.3) is 0 Å². The van der Waals surface area contributed by atoms with E-state index in [9.17, 15) is 63.1 Å². The van der Waals surface area contributed by atoms with E-state index in [-0.39, 0.29) is 38.5 Å². The quantitative estimate of drug-likeness (QED) is 0.248. The van der Waals surface area contributed by atoms with Crippen molar-refractivity contribution in [2.45, 2.75) is 90.4 Å². The molecule has 4 aliphatic carbocycles. The summed E-state index contributed by atoms with van der Waals surface area (Å²) in [6.07, 6.45) is -12.5. The number of halogens is 10. The fraction of sp³-hybridized carbons (Fsp3) is 0.846. The lowest BCUT2D eigenvalue weighted by Crippen LogP contribution is -2.59. The Balaban J connectivity index is 1.67. The Morgan fingerprint density at radius 2 is 1.02 bits per heavy atom. The molecule has 0 saturated heterocycles. The monoisotopic (exact) mass is 594 g/mol. The largest absolute Gasteiger partial charge is 0.460 e. The molecule has 40 heavy (non-hydrogen) atoms. The molecule has 4 fully saturated rings. The zero-order valence-electron chi connectivity index (χ0n) is 22.0. The van der Waals surface area contributed by atoms with Gasteiger partial charge in [0.25, 0.3) is 0 Å². The van der Waals surface area contributed by atoms with Crippen molar-refractivity contribution in [1.82, 2.24) is 0 Å². The lowest BCUT2D eigenvalue weighted by atomic mass is 9.60. The first-order valence-electron chi connectivity index (χ1n) is 12.8. The van der Waals surface area contributed by atoms with Crippen LogP contribution in [0.2, 0.25) is 0 Å². The highest BCUT2D eigenvalue weighted by molar-refractivity contribution is 6.11. The third-order valence-corrected chi connectivity index (χ3v) is 11.3. The highest BCUT2D eigenvalue weighted by atomic mass is 19.4. The van der Waals surface area contributed by atoms with Crippen LogP contribution in [-0.4, -0.2) is 47.3 Å². The summed E-state index contributed by atoms with van der Waals surface area (Å²) < 4.78 is 134. The van der Waals surface area contributed by atoms with Gasteiger partial charge in [0.2, 0.25) is 11.6 Å². The van der Waals surface area contributed by atoms with Crippen molar-refractivity contribution in [3.8, 4) is 0 Å². The molecule has 0 N–H and O–H groups in total. The molecule has 226 valence electrons. The summed E-state index contributed by atoms with van der Waals surface area (Å²) in [7, 11) is 0. The van der Waals surface area contributed by atoms with Gasteiger partial charge in [-0.1, -0.05) is 27.7 Å². The second-order valence-electron chi connectivity index (χ2n) is 13.0. The van der Waals surface area contributed by atoms with Crippen LogP contribution in [0.3, 0.4) is 0 Å². The van der Waals surface area contributed by atoms with Crippen molar-refractivity contribution >= 4 is 23.1 Å². The first-order chi connectivity index (χ1) is 17.8. The molecule has 0 amide bonds. The van der Waals surface area contributed by atoms with Crippen LogP contribution >= 0.6 is 0 Å². The summed E-state index contributed by atoms with van der Waals surface area (Å²) in [6.45, 7) is 5.88. The Morgan fingerprint density at radius 1 is 0.675 bits per heavy atom. The highest BCUT2D eigenvalue weighted by Crippen LogP contribution is 2.73. The summed E-state index contributed by atoms with van der Waals surface area (Å²) in [5, 5.41) is 0. The van der Waals surface area contributed by atoms with Crippen molar-refractivity contribution in [2.75, 3.05) is 0 Å². The van der Waals surface area contributed by atoms with Gasteiger partial charge in [0, 0.05) is 10.8 Å². The maximum atomic E-state index is 14.4. The van der Waals surface area contributed by atoms with Gasteiger partial charge in [-0.2, -0.15) is 43.9 Å². The Morgan fingerprint density at radius 3 is 1.35 bits per heavy atom. The molecule has 14 heteroatoms. The third kappa shape index (κ3) is 3.45. The fourth-order valence-corrected chi connectivity index (χ4v) is 8.76. The molecule has 4 nitrogen and oxygen atoms in total. The van der Waals surface area contributed by atoms with Gasteiger partial charge in [-0.25, -0.2) is 0 Å². The molecule has 6 unspecified atom stereocenters. The van der Waals surface area contributed by atoms with Gasteiger partial charge in [0.1, 0.15) is 0 Å². The molecule has 4 bridgehead atoms. The lowest BCUT2D eigenvalue weighted by molar-refractivity contribution is -0.344. The zero-order chi connectivity index (χ0) is 30.9. The maximum absolute atomic E-state index is 14.4. The molecule has 6 atom stereocenters. The van der Waals surface area contributed by atoms with Crippen molar-refractivity contribution < 1.29 is 63.1 Å². The van der Waals surface area contributed by atoms with E-state index < -0.39 is 92.7 Å². The van der Waals surface area contributed by atoms with E-state index in [1.54, 1.807) is 0 Å². The molecule has 4 rings (SSSR count). The van der Waals surface area contributed by atoms with E-state index in [0.717, 1.165) is 0 Å². The summed E-state index contributed by atoms with van der Waals surface area (Å²) >= 11 is 0. The average Bonchev–Trinajstić information content (AvgIpc) is 3.32. The van der Waals surface area contributed by atoms with Crippen molar-refractivity contribution in [2.24, 2.45) is 45.3 Å². The number of carbonyl (C=O) groups is 4. The Kier molecular flexibility index (Phi) is 6.41. The SMILES string of the molecule is CC1(C)C2CCC1(CCC13CCC(C(C(=O)C(F)(F)C(F)(F)C(F)(F)F)C1=O)C3(C)C)C(=O)C2C(=O)C(F)(F)F. The number of alkyl halides is 10. The van der Waals surface area contributed by atoms with Crippen LogP contribution in [0.15, 0.2) is 0 Å². The van der Waals surface area contributed by atoms with E-state index in [0.29, 0.717) is 0 Å². The molecular weight excluding hydrogens is 566 g/mol. The fourth-order valence-electron chi connectivity index (χ4n) is 8.76. The number of Topliss-reactive ketones (excluding diaryl/α,β-unsaturated/α-hetero) is 4. The number of fused-ring (bicyclic) bond motifs is 4. The number of hydrogen-bond acceptors (Lipinski definition) is 4. The van der Waals surface area contributed by atoms with Gasteiger partial charge in [-0.05, 0) is 61.2 Å². The molecule has 0 spiro atoms. The molecular formula is C26H28F10O4. The standard InChI is InChI=1S/C26H28F10O4/c1-19(2)11-5-7-21(19,15(37)13(11)17(39)23(27,28)25(32,33)26(34,35)36)9-10-22-8-6-12(20(22,3)4)14(16(22)38)18(40)24(29,30)31/h11-14H,5-10H2,1-4H3. The van der Waals surface area contributed by atoms with E-state index >= 15 is 0 Å². The molecule has 0 radical (unpaired) electrons. The second-order valence-corrected chi connectivity index (χ2v) is 13.0. The molecule has 0 aliphatic heterocycles. The van der Waals surface area contributed by atoms with Gasteiger partial charge in [-0.3, -0.25) is 19.2 Å². The molecule has 0 aromatic heterocycles. The number of carbonyl (C=O) groups excluding carboxylic acids is 4. The third-order valence-electron chi connectivity index (χ3n) is 11.3.